The number of rotatable bonds is 6. The topological polar surface area (TPSA) is 26.3 Å². The van der Waals surface area contributed by atoms with Crippen molar-refractivity contribution in [2.75, 3.05) is 7.11 Å². The van der Waals surface area contributed by atoms with Crippen LogP contribution in [0.25, 0.3) is 0 Å². The number of hydrogen-bond donors (Lipinski definition) is 0. The van der Waals surface area contributed by atoms with Crippen LogP contribution in [0.1, 0.15) is 82.1 Å². The molecule has 122 valence electrons. The van der Waals surface area contributed by atoms with Crippen molar-refractivity contribution < 1.29 is 9.53 Å². The zero-order chi connectivity index (χ0) is 16.5. The Bertz CT molecular complexity index is 339. The number of aryl methyl sites for hydroxylation is 1. The molecule has 0 aromatic heterocycles. The Morgan fingerprint density at radius 3 is 1.90 bits per heavy atom. The van der Waals surface area contributed by atoms with E-state index in [1.54, 1.807) is 12.1 Å². The van der Waals surface area contributed by atoms with Crippen molar-refractivity contribution in [3.8, 4) is 0 Å². The number of methoxy groups -OCH3 is 1. The molecule has 1 aromatic carbocycles. The maximum Gasteiger partial charge on any atom is 0.337 e. The van der Waals surface area contributed by atoms with Crippen LogP contribution in [0.3, 0.4) is 0 Å². The summed E-state index contributed by atoms with van der Waals surface area (Å²) in [7, 11) is 1.38. The molecular formula is C19H34O2. The molecule has 0 fully saturated rings. The summed E-state index contributed by atoms with van der Waals surface area (Å²) in [6.07, 6.45) is 8.49. The highest BCUT2D eigenvalue weighted by Gasteiger charge is 2.02. The minimum atomic E-state index is -0.284. The molecule has 0 aliphatic carbocycles. The molecule has 0 aliphatic heterocycles. The molecule has 0 saturated heterocycles. The maximum atomic E-state index is 10.9. The van der Waals surface area contributed by atoms with E-state index in [0.29, 0.717) is 5.56 Å². The van der Waals surface area contributed by atoms with E-state index in [1.807, 2.05) is 32.9 Å². The van der Waals surface area contributed by atoms with Gasteiger partial charge in [-0.05, 0) is 19.1 Å². The molecule has 1 aromatic rings. The summed E-state index contributed by atoms with van der Waals surface area (Å²) in [5.41, 5.74) is 1.67. The molecule has 2 heteroatoms. The van der Waals surface area contributed by atoms with Crippen LogP contribution in [0.5, 0.6) is 0 Å². The first-order chi connectivity index (χ1) is 10.2. The lowest BCUT2D eigenvalue weighted by atomic mass is 10.1. The monoisotopic (exact) mass is 294 g/mol. The van der Waals surface area contributed by atoms with Gasteiger partial charge in [0.1, 0.15) is 0 Å². The molecule has 0 N–H and O–H groups in total. The van der Waals surface area contributed by atoms with Crippen molar-refractivity contribution in [3.63, 3.8) is 0 Å². The van der Waals surface area contributed by atoms with Crippen molar-refractivity contribution in [3.05, 3.63) is 35.4 Å². The summed E-state index contributed by atoms with van der Waals surface area (Å²) in [6, 6.07) is 7.30. The van der Waals surface area contributed by atoms with E-state index in [9.17, 15) is 4.79 Å². The molecule has 21 heavy (non-hydrogen) atoms. The number of unbranched alkanes of at least 4 members (excludes halogenated alkanes) is 5. The molecule has 0 unspecified atom stereocenters. The van der Waals surface area contributed by atoms with Gasteiger partial charge in [-0.15, -0.1) is 0 Å². The number of carbonyl (C=O) groups is 1. The SMILES string of the molecule is CC.CCCCCCCC.COC(=O)c1cccc(C)c1. The molecule has 0 amide bonds. The van der Waals surface area contributed by atoms with Crippen molar-refractivity contribution in [1.29, 1.82) is 0 Å². The lowest BCUT2D eigenvalue weighted by molar-refractivity contribution is 0.0600. The Morgan fingerprint density at radius 1 is 1.00 bits per heavy atom. The second kappa shape index (κ2) is 16.7. The largest absolute Gasteiger partial charge is 0.465 e. The molecule has 0 saturated carbocycles. The van der Waals surface area contributed by atoms with E-state index in [1.165, 1.54) is 45.6 Å². The van der Waals surface area contributed by atoms with Crippen LogP contribution in [0.4, 0.5) is 0 Å². The molecule has 0 radical (unpaired) electrons. The first-order valence-corrected chi connectivity index (χ1v) is 8.30. The molecule has 1 rings (SSSR count). The van der Waals surface area contributed by atoms with Crippen LogP contribution < -0.4 is 0 Å². The molecular weight excluding hydrogens is 260 g/mol. The van der Waals surface area contributed by atoms with Gasteiger partial charge in [-0.25, -0.2) is 4.79 Å². The van der Waals surface area contributed by atoms with E-state index in [-0.39, 0.29) is 5.97 Å². The van der Waals surface area contributed by atoms with Crippen LogP contribution >= 0.6 is 0 Å². The Labute approximate surface area is 131 Å². The molecule has 0 heterocycles. The summed E-state index contributed by atoms with van der Waals surface area (Å²) in [5.74, 6) is -0.284. The number of benzene rings is 1. The zero-order valence-corrected chi connectivity index (χ0v) is 14.9. The van der Waals surface area contributed by atoms with Gasteiger partial charge < -0.3 is 4.74 Å². The third-order valence-corrected chi connectivity index (χ3v) is 2.90. The van der Waals surface area contributed by atoms with Crippen LogP contribution in [-0.4, -0.2) is 13.1 Å². The van der Waals surface area contributed by atoms with Gasteiger partial charge in [-0.2, -0.15) is 0 Å². The average Bonchev–Trinajstić information content (AvgIpc) is 2.53. The van der Waals surface area contributed by atoms with Gasteiger partial charge in [0.2, 0.25) is 0 Å². The van der Waals surface area contributed by atoms with Crippen molar-refractivity contribution in [2.45, 2.75) is 73.1 Å². The van der Waals surface area contributed by atoms with Gasteiger partial charge in [-0.1, -0.05) is 83.9 Å². The fraction of sp³-hybridized carbons (Fsp3) is 0.632. The van der Waals surface area contributed by atoms with Crippen LogP contribution in [-0.2, 0) is 4.74 Å². The zero-order valence-electron chi connectivity index (χ0n) is 14.9. The van der Waals surface area contributed by atoms with Gasteiger partial charge in [-0.3, -0.25) is 0 Å². The minimum absolute atomic E-state index is 0.284. The van der Waals surface area contributed by atoms with Crippen molar-refractivity contribution >= 4 is 5.97 Å². The molecule has 0 spiro atoms. The average molecular weight is 294 g/mol. The lowest BCUT2D eigenvalue weighted by Crippen LogP contribution is -2.00. The van der Waals surface area contributed by atoms with Crippen LogP contribution in [0.2, 0.25) is 0 Å². The van der Waals surface area contributed by atoms with E-state index in [2.05, 4.69) is 18.6 Å². The number of carbonyl (C=O) groups excluding carboxylic acids is 1. The van der Waals surface area contributed by atoms with Crippen LogP contribution in [0.15, 0.2) is 24.3 Å². The molecule has 0 aliphatic rings. The summed E-state index contributed by atoms with van der Waals surface area (Å²) in [6.45, 7) is 10.4. The summed E-state index contributed by atoms with van der Waals surface area (Å²) < 4.78 is 4.55. The normalized spacial score (nSPS) is 8.86. The number of esters is 1. The summed E-state index contributed by atoms with van der Waals surface area (Å²) >= 11 is 0. The number of ether oxygens (including phenoxy) is 1. The second-order valence-corrected chi connectivity index (χ2v) is 4.78. The molecule has 0 bridgehead atoms. The lowest BCUT2D eigenvalue weighted by Gasteiger charge is -1.98. The first kappa shape index (κ1) is 22.0. The Balaban J connectivity index is 0. The van der Waals surface area contributed by atoms with Crippen LogP contribution in [0, 0.1) is 6.92 Å². The number of hydrogen-bond acceptors (Lipinski definition) is 2. The van der Waals surface area contributed by atoms with Crippen molar-refractivity contribution in [2.24, 2.45) is 0 Å². The predicted octanol–water partition coefficient (Wildman–Crippen LogP) is 6.17. The van der Waals surface area contributed by atoms with Crippen molar-refractivity contribution in [1.82, 2.24) is 0 Å². The maximum absolute atomic E-state index is 10.9. The highest BCUT2D eigenvalue weighted by molar-refractivity contribution is 5.89. The summed E-state index contributed by atoms with van der Waals surface area (Å²) in [4.78, 5) is 10.9. The van der Waals surface area contributed by atoms with E-state index < -0.39 is 0 Å². The minimum Gasteiger partial charge on any atom is -0.465 e. The van der Waals surface area contributed by atoms with E-state index in [4.69, 9.17) is 0 Å². The highest BCUT2D eigenvalue weighted by Crippen LogP contribution is 2.04. The Morgan fingerprint density at radius 2 is 1.52 bits per heavy atom. The van der Waals surface area contributed by atoms with Gasteiger partial charge in [0, 0.05) is 0 Å². The van der Waals surface area contributed by atoms with Gasteiger partial charge in [0.25, 0.3) is 0 Å². The molecule has 0 atom stereocenters. The Kier molecular flexibility index (Phi) is 17.5. The fourth-order valence-electron chi connectivity index (χ4n) is 1.74. The fourth-order valence-corrected chi connectivity index (χ4v) is 1.74. The summed E-state index contributed by atoms with van der Waals surface area (Å²) in [5, 5.41) is 0. The second-order valence-electron chi connectivity index (χ2n) is 4.78. The van der Waals surface area contributed by atoms with E-state index >= 15 is 0 Å². The molecule has 2 nitrogen and oxygen atoms in total. The van der Waals surface area contributed by atoms with Gasteiger partial charge in [0.15, 0.2) is 0 Å². The predicted molar refractivity (Wildman–Crippen MR) is 92.9 cm³/mol. The van der Waals surface area contributed by atoms with E-state index in [0.717, 1.165) is 5.56 Å². The Hall–Kier alpha value is -1.31. The smallest absolute Gasteiger partial charge is 0.337 e. The third-order valence-electron chi connectivity index (χ3n) is 2.90. The van der Waals surface area contributed by atoms with Gasteiger partial charge >= 0.3 is 5.97 Å². The highest BCUT2D eigenvalue weighted by atomic mass is 16.5. The third kappa shape index (κ3) is 13.4. The van der Waals surface area contributed by atoms with Gasteiger partial charge in [0.05, 0.1) is 12.7 Å². The standard InChI is InChI=1S/C9H10O2.C8H18.C2H6/c1-7-4-3-5-8(6-7)9(10)11-2;1-3-5-7-8-6-4-2;1-2/h3-6H,1-2H3;3-8H2,1-2H3;1-2H3. The quantitative estimate of drug-likeness (QED) is 0.463. The first-order valence-electron chi connectivity index (χ1n) is 8.30.